The van der Waals surface area contributed by atoms with E-state index in [4.69, 9.17) is 5.73 Å². The highest BCUT2D eigenvalue weighted by Gasteiger charge is 2.14. The average Bonchev–Trinajstić information content (AvgIpc) is 2.41. The van der Waals surface area contributed by atoms with Crippen LogP contribution >= 0.6 is 0 Å². The van der Waals surface area contributed by atoms with Crippen molar-refractivity contribution in [1.29, 1.82) is 0 Å². The van der Waals surface area contributed by atoms with Crippen molar-refractivity contribution in [2.45, 2.75) is 19.4 Å². The molecule has 0 saturated heterocycles. The molecule has 20 heavy (non-hydrogen) atoms. The van der Waals surface area contributed by atoms with Crippen LogP contribution in [0.1, 0.15) is 11.3 Å². The molecule has 2 rings (SSSR count). The molecule has 0 fully saturated rings. The number of anilines is 1. The van der Waals surface area contributed by atoms with Crippen molar-refractivity contribution in [2.75, 3.05) is 5.32 Å². The molecule has 0 spiro atoms. The van der Waals surface area contributed by atoms with Crippen molar-refractivity contribution in [3.05, 3.63) is 53.7 Å². The Morgan fingerprint density at radius 1 is 1.30 bits per heavy atom. The minimum atomic E-state index is -0.665. The van der Waals surface area contributed by atoms with Crippen LogP contribution in [0.5, 0.6) is 5.75 Å². The number of carbonyl (C=O) groups is 1. The number of nitrogens with two attached hydrogens (primary N) is 1. The van der Waals surface area contributed by atoms with Crippen LogP contribution in [0.4, 0.5) is 5.82 Å². The van der Waals surface area contributed by atoms with E-state index in [2.05, 4.69) is 10.3 Å². The van der Waals surface area contributed by atoms with Crippen LogP contribution in [-0.4, -0.2) is 22.0 Å². The Bertz CT molecular complexity index is 596. The number of aromatic hydroxyl groups is 1. The van der Waals surface area contributed by atoms with Gasteiger partial charge in [-0.1, -0.05) is 18.2 Å². The van der Waals surface area contributed by atoms with Crippen LogP contribution in [0.3, 0.4) is 0 Å². The molecule has 4 N–H and O–H groups in total. The zero-order chi connectivity index (χ0) is 14.5. The van der Waals surface area contributed by atoms with Gasteiger partial charge in [-0.15, -0.1) is 0 Å². The number of pyridine rings is 1. The number of amides is 1. The number of hydrogen-bond donors (Lipinski definition) is 3. The normalized spacial score (nSPS) is 11.9. The van der Waals surface area contributed by atoms with Gasteiger partial charge in [0, 0.05) is 5.69 Å². The molecule has 1 aromatic heterocycles. The first kappa shape index (κ1) is 14.0. The van der Waals surface area contributed by atoms with Crippen molar-refractivity contribution in [3.63, 3.8) is 0 Å². The van der Waals surface area contributed by atoms with Crippen LogP contribution in [0.2, 0.25) is 0 Å². The number of aromatic nitrogens is 1. The number of nitrogens with zero attached hydrogens (tertiary/aromatic N) is 1. The summed E-state index contributed by atoms with van der Waals surface area (Å²) in [4.78, 5) is 16.2. The lowest BCUT2D eigenvalue weighted by atomic mass is 10.1. The molecule has 5 heteroatoms. The van der Waals surface area contributed by atoms with Gasteiger partial charge in [-0.25, -0.2) is 4.98 Å². The van der Waals surface area contributed by atoms with E-state index in [0.29, 0.717) is 12.2 Å². The van der Waals surface area contributed by atoms with E-state index in [9.17, 15) is 9.90 Å². The second-order valence-corrected chi connectivity index (χ2v) is 4.63. The summed E-state index contributed by atoms with van der Waals surface area (Å²) < 4.78 is 0. The van der Waals surface area contributed by atoms with Crippen molar-refractivity contribution >= 4 is 11.7 Å². The molecule has 5 nitrogen and oxygen atoms in total. The summed E-state index contributed by atoms with van der Waals surface area (Å²) in [6.45, 7) is 1.85. The Kier molecular flexibility index (Phi) is 4.32. The fourth-order valence-corrected chi connectivity index (χ4v) is 1.81. The minimum Gasteiger partial charge on any atom is -0.508 e. The Labute approximate surface area is 117 Å². The van der Waals surface area contributed by atoms with E-state index in [0.717, 1.165) is 11.3 Å². The molecular formula is C15H17N3O2. The number of phenols is 1. The van der Waals surface area contributed by atoms with Crippen molar-refractivity contribution in [2.24, 2.45) is 5.73 Å². The quantitative estimate of drug-likeness (QED) is 0.788. The Balaban J connectivity index is 1.96. The first-order valence-corrected chi connectivity index (χ1v) is 6.32. The minimum absolute atomic E-state index is 0.190. The summed E-state index contributed by atoms with van der Waals surface area (Å²) in [7, 11) is 0. The fraction of sp³-hybridized carbons (Fsp3) is 0.200. The largest absolute Gasteiger partial charge is 0.508 e. The van der Waals surface area contributed by atoms with Crippen molar-refractivity contribution in [3.8, 4) is 5.75 Å². The van der Waals surface area contributed by atoms with Gasteiger partial charge in [0.15, 0.2) is 0 Å². The molecular weight excluding hydrogens is 254 g/mol. The zero-order valence-corrected chi connectivity index (χ0v) is 11.2. The van der Waals surface area contributed by atoms with E-state index in [-0.39, 0.29) is 11.7 Å². The number of phenolic OH excluding ortho intramolecular Hbond substituents is 1. The summed E-state index contributed by atoms with van der Waals surface area (Å²) in [5.74, 6) is 0.406. The van der Waals surface area contributed by atoms with Gasteiger partial charge in [0.1, 0.15) is 11.6 Å². The molecule has 1 amide bonds. The summed E-state index contributed by atoms with van der Waals surface area (Å²) in [6, 6.07) is 11.4. The molecule has 1 atom stereocenters. The van der Waals surface area contributed by atoms with Gasteiger partial charge in [0.05, 0.1) is 6.04 Å². The van der Waals surface area contributed by atoms with Gasteiger partial charge in [-0.3, -0.25) is 4.79 Å². The lowest BCUT2D eigenvalue weighted by Gasteiger charge is -2.12. The first-order valence-electron chi connectivity index (χ1n) is 6.32. The number of carbonyl (C=O) groups excluding carboxylic acids is 1. The predicted octanol–water partition coefficient (Wildman–Crippen LogP) is 1.60. The highest BCUT2D eigenvalue weighted by atomic mass is 16.3. The monoisotopic (exact) mass is 271 g/mol. The molecule has 2 aromatic rings. The lowest BCUT2D eigenvalue weighted by Crippen LogP contribution is -2.37. The van der Waals surface area contributed by atoms with Gasteiger partial charge in [-0.2, -0.15) is 0 Å². The second kappa shape index (κ2) is 6.16. The molecule has 104 valence electrons. The molecule has 1 aromatic carbocycles. The Hall–Kier alpha value is -2.40. The smallest absolute Gasteiger partial charge is 0.242 e. The zero-order valence-electron chi connectivity index (χ0n) is 11.2. The van der Waals surface area contributed by atoms with Crippen LogP contribution in [0.15, 0.2) is 42.5 Å². The molecule has 0 bridgehead atoms. The SMILES string of the molecule is Cc1cccc(NC(=O)[C@H](N)Cc2ccc(O)cc2)n1. The fourth-order valence-electron chi connectivity index (χ4n) is 1.81. The number of nitrogens with one attached hydrogen (secondary N) is 1. The number of benzene rings is 1. The van der Waals surface area contributed by atoms with Gasteiger partial charge in [0.2, 0.25) is 5.91 Å². The molecule has 0 aliphatic heterocycles. The summed E-state index contributed by atoms with van der Waals surface area (Å²) in [5, 5.41) is 11.9. The van der Waals surface area contributed by atoms with E-state index in [1.54, 1.807) is 30.3 Å². The maximum Gasteiger partial charge on any atom is 0.242 e. The van der Waals surface area contributed by atoms with E-state index < -0.39 is 6.04 Å². The number of rotatable bonds is 4. The molecule has 1 heterocycles. The maximum atomic E-state index is 12.0. The standard InChI is InChI=1S/C15H17N3O2/c1-10-3-2-4-14(17-10)18-15(20)13(16)9-11-5-7-12(19)8-6-11/h2-8,13,19H,9,16H2,1H3,(H,17,18,20)/t13-/m1/s1. The molecule has 0 unspecified atom stereocenters. The van der Waals surface area contributed by atoms with Crippen molar-refractivity contribution < 1.29 is 9.90 Å². The summed E-state index contributed by atoms with van der Waals surface area (Å²) >= 11 is 0. The van der Waals surface area contributed by atoms with Gasteiger partial charge >= 0.3 is 0 Å². The molecule has 0 aliphatic carbocycles. The van der Waals surface area contributed by atoms with Crippen molar-refractivity contribution in [1.82, 2.24) is 4.98 Å². The average molecular weight is 271 g/mol. The Morgan fingerprint density at radius 2 is 2.00 bits per heavy atom. The number of aryl methyl sites for hydroxylation is 1. The Morgan fingerprint density at radius 3 is 2.65 bits per heavy atom. The van der Waals surface area contributed by atoms with E-state index in [1.165, 1.54) is 0 Å². The van der Waals surface area contributed by atoms with Crippen LogP contribution in [-0.2, 0) is 11.2 Å². The third-order valence-electron chi connectivity index (χ3n) is 2.87. The topological polar surface area (TPSA) is 88.2 Å². The molecule has 0 radical (unpaired) electrons. The van der Waals surface area contributed by atoms with Gasteiger partial charge in [-0.05, 0) is 43.2 Å². The predicted molar refractivity (Wildman–Crippen MR) is 77.4 cm³/mol. The first-order chi connectivity index (χ1) is 9.54. The highest BCUT2D eigenvalue weighted by Crippen LogP contribution is 2.11. The van der Waals surface area contributed by atoms with Crippen LogP contribution in [0.25, 0.3) is 0 Å². The van der Waals surface area contributed by atoms with E-state index >= 15 is 0 Å². The second-order valence-electron chi connectivity index (χ2n) is 4.63. The van der Waals surface area contributed by atoms with Crippen LogP contribution in [0, 0.1) is 6.92 Å². The lowest BCUT2D eigenvalue weighted by molar-refractivity contribution is -0.117. The number of hydrogen-bond acceptors (Lipinski definition) is 4. The molecule has 0 aliphatic rings. The van der Waals surface area contributed by atoms with Gasteiger partial charge < -0.3 is 16.2 Å². The van der Waals surface area contributed by atoms with Gasteiger partial charge in [0.25, 0.3) is 0 Å². The third kappa shape index (κ3) is 3.80. The van der Waals surface area contributed by atoms with Crippen LogP contribution < -0.4 is 11.1 Å². The third-order valence-corrected chi connectivity index (χ3v) is 2.87. The summed E-state index contributed by atoms with van der Waals surface area (Å²) in [5.41, 5.74) is 7.59. The van der Waals surface area contributed by atoms with E-state index in [1.807, 2.05) is 19.1 Å². The summed E-state index contributed by atoms with van der Waals surface area (Å²) in [6.07, 6.45) is 0.401. The highest BCUT2D eigenvalue weighted by molar-refractivity contribution is 5.94. The molecule has 0 saturated carbocycles. The maximum absolute atomic E-state index is 12.0.